The van der Waals surface area contributed by atoms with Crippen molar-refractivity contribution in [1.29, 1.82) is 5.26 Å². The van der Waals surface area contributed by atoms with Gasteiger partial charge >= 0.3 is 0 Å². The fourth-order valence-electron chi connectivity index (χ4n) is 2.77. The van der Waals surface area contributed by atoms with Gasteiger partial charge < -0.3 is 10.2 Å². The second-order valence-corrected chi connectivity index (χ2v) is 6.29. The van der Waals surface area contributed by atoms with Crippen molar-refractivity contribution in [2.75, 3.05) is 18.0 Å². The van der Waals surface area contributed by atoms with E-state index >= 15 is 0 Å². The van der Waals surface area contributed by atoms with Crippen LogP contribution in [0.25, 0.3) is 6.08 Å². The van der Waals surface area contributed by atoms with Crippen LogP contribution in [0.4, 0.5) is 5.69 Å². The summed E-state index contributed by atoms with van der Waals surface area (Å²) >= 11 is 0. The van der Waals surface area contributed by atoms with Gasteiger partial charge in [-0.2, -0.15) is 5.26 Å². The summed E-state index contributed by atoms with van der Waals surface area (Å²) in [6.45, 7) is 5.97. The van der Waals surface area contributed by atoms with E-state index in [9.17, 15) is 10.1 Å². The largest absolute Gasteiger partial charge is 0.372 e. The van der Waals surface area contributed by atoms with Crippen molar-refractivity contribution in [3.8, 4) is 6.07 Å². The molecule has 1 aromatic rings. The van der Waals surface area contributed by atoms with Crippen molar-refractivity contribution in [2.45, 2.75) is 45.6 Å². The van der Waals surface area contributed by atoms with E-state index in [1.807, 2.05) is 32.0 Å². The molecule has 1 aliphatic rings. The summed E-state index contributed by atoms with van der Waals surface area (Å²) in [5.74, 6) is -0.320. The minimum absolute atomic E-state index is 0.0182. The number of carbonyl (C=O) groups is 1. The molecule has 1 aromatic carbocycles. The molecule has 1 amide bonds. The molecular weight excluding hydrogens is 286 g/mol. The van der Waals surface area contributed by atoms with E-state index in [2.05, 4.69) is 22.3 Å². The Morgan fingerprint density at radius 1 is 1.17 bits per heavy atom. The zero-order valence-corrected chi connectivity index (χ0v) is 14.0. The normalized spacial score (nSPS) is 15.9. The van der Waals surface area contributed by atoms with E-state index in [-0.39, 0.29) is 17.5 Å². The van der Waals surface area contributed by atoms with Crippen LogP contribution >= 0.6 is 0 Å². The highest BCUT2D eigenvalue weighted by Gasteiger charge is 2.11. The fraction of sp³-hybridized carbons (Fsp3) is 0.474. The molecule has 0 atom stereocenters. The van der Waals surface area contributed by atoms with E-state index in [1.165, 1.54) is 31.4 Å². The standard InChI is InChI=1S/C19H25N3O/c1-15(2)21-19(23)17(14-20)13-16-7-9-18(10-8-16)22-11-5-3-4-6-12-22/h7-10,13,15H,3-6,11-12H2,1-2H3,(H,21,23)/b17-13+. The van der Waals surface area contributed by atoms with Crippen molar-refractivity contribution in [2.24, 2.45) is 0 Å². The number of amides is 1. The molecule has 23 heavy (non-hydrogen) atoms. The number of carbonyl (C=O) groups excluding carboxylic acids is 1. The predicted octanol–water partition coefficient (Wildman–Crippen LogP) is 3.50. The first-order valence-electron chi connectivity index (χ1n) is 8.38. The van der Waals surface area contributed by atoms with Gasteiger partial charge in [0.15, 0.2) is 0 Å². The highest BCUT2D eigenvalue weighted by molar-refractivity contribution is 6.01. The Kier molecular flexibility index (Phi) is 6.22. The van der Waals surface area contributed by atoms with Gasteiger partial charge in [0, 0.05) is 24.8 Å². The Labute approximate surface area is 138 Å². The van der Waals surface area contributed by atoms with Gasteiger partial charge in [0.1, 0.15) is 11.6 Å². The first-order valence-corrected chi connectivity index (χ1v) is 8.38. The molecule has 1 N–H and O–H groups in total. The van der Waals surface area contributed by atoms with E-state index in [4.69, 9.17) is 0 Å². The Bertz CT molecular complexity index is 588. The van der Waals surface area contributed by atoms with Gasteiger partial charge in [0.25, 0.3) is 5.91 Å². The Morgan fingerprint density at radius 3 is 2.30 bits per heavy atom. The summed E-state index contributed by atoms with van der Waals surface area (Å²) in [4.78, 5) is 14.3. The van der Waals surface area contributed by atoms with Crippen LogP contribution in [0.3, 0.4) is 0 Å². The molecular formula is C19H25N3O. The van der Waals surface area contributed by atoms with E-state index in [1.54, 1.807) is 6.08 Å². The first-order chi connectivity index (χ1) is 11.1. The maximum absolute atomic E-state index is 11.9. The molecule has 1 heterocycles. The molecule has 0 radical (unpaired) electrons. The van der Waals surface area contributed by atoms with Gasteiger partial charge in [-0.15, -0.1) is 0 Å². The third-order valence-corrected chi connectivity index (χ3v) is 3.96. The molecule has 0 bridgehead atoms. The summed E-state index contributed by atoms with van der Waals surface area (Å²) in [6, 6.07) is 10.1. The number of benzene rings is 1. The molecule has 1 aliphatic heterocycles. The maximum Gasteiger partial charge on any atom is 0.262 e. The number of hydrogen-bond donors (Lipinski definition) is 1. The third-order valence-electron chi connectivity index (χ3n) is 3.96. The quantitative estimate of drug-likeness (QED) is 0.684. The molecule has 2 rings (SSSR count). The lowest BCUT2D eigenvalue weighted by molar-refractivity contribution is -0.117. The predicted molar refractivity (Wildman–Crippen MR) is 94.0 cm³/mol. The van der Waals surface area contributed by atoms with Gasteiger partial charge in [-0.3, -0.25) is 4.79 Å². The van der Waals surface area contributed by atoms with Crippen LogP contribution in [-0.4, -0.2) is 25.0 Å². The number of hydrogen-bond acceptors (Lipinski definition) is 3. The van der Waals surface area contributed by atoms with Crippen LogP contribution in [0.15, 0.2) is 29.8 Å². The lowest BCUT2D eigenvalue weighted by atomic mass is 10.1. The molecule has 4 heteroatoms. The lowest BCUT2D eigenvalue weighted by Gasteiger charge is -2.22. The smallest absolute Gasteiger partial charge is 0.262 e. The summed E-state index contributed by atoms with van der Waals surface area (Å²) in [7, 11) is 0. The monoisotopic (exact) mass is 311 g/mol. The van der Waals surface area contributed by atoms with Crippen molar-refractivity contribution in [3.05, 3.63) is 35.4 Å². The minimum atomic E-state index is -0.320. The second kappa shape index (κ2) is 8.38. The molecule has 0 aromatic heterocycles. The third kappa shape index (κ3) is 5.14. The molecule has 0 unspecified atom stereocenters. The Morgan fingerprint density at radius 2 is 1.78 bits per heavy atom. The zero-order chi connectivity index (χ0) is 16.7. The van der Waals surface area contributed by atoms with Crippen LogP contribution in [-0.2, 0) is 4.79 Å². The van der Waals surface area contributed by atoms with Gasteiger partial charge in [-0.05, 0) is 50.5 Å². The van der Waals surface area contributed by atoms with Crippen molar-refractivity contribution >= 4 is 17.7 Å². The number of anilines is 1. The first kappa shape index (κ1) is 17.1. The molecule has 4 nitrogen and oxygen atoms in total. The number of rotatable bonds is 4. The molecule has 1 saturated heterocycles. The Balaban J connectivity index is 2.10. The lowest BCUT2D eigenvalue weighted by Crippen LogP contribution is -2.30. The van der Waals surface area contributed by atoms with E-state index in [0.29, 0.717) is 0 Å². The van der Waals surface area contributed by atoms with Crippen LogP contribution in [0.1, 0.15) is 45.1 Å². The summed E-state index contributed by atoms with van der Waals surface area (Å²) in [5.41, 5.74) is 2.23. The van der Waals surface area contributed by atoms with Crippen LogP contribution in [0.2, 0.25) is 0 Å². The highest BCUT2D eigenvalue weighted by Crippen LogP contribution is 2.20. The van der Waals surface area contributed by atoms with Gasteiger partial charge in [-0.1, -0.05) is 25.0 Å². The van der Waals surface area contributed by atoms with Crippen molar-refractivity contribution < 1.29 is 4.79 Å². The fourth-order valence-corrected chi connectivity index (χ4v) is 2.77. The van der Waals surface area contributed by atoms with Crippen LogP contribution < -0.4 is 10.2 Å². The average molecular weight is 311 g/mol. The number of nitriles is 1. The highest BCUT2D eigenvalue weighted by atomic mass is 16.1. The number of nitrogens with one attached hydrogen (secondary N) is 1. The summed E-state index contributed by atoms with van der Waals surface area (Å²) in [6.07, 6.45) is 6.76. The van der Waals surface area contributed by atoms with Crippen molar-refractivity contribution in [3.63, 3.8) is 0 Å². The molecule has 0 saturated carbocycles. The minimum Gasteiger partial charge on any atom is -0.372 e. The molecule has 1 fully saturated rings. The summed E-state index contributed by atoms with van der Waals surface area (Å²) < 4.78 is 0. The molecule has 122 valence electrons. The average Bonchev–Trinajstić information content (AvgIpc) is 2.81. The number of nitrogens with zero attached hydrogens (tertiary/aromatic N) is 2. The van der Waals surface area contributed by atoms with Gasteiger partial charge in [-0.25, -0.2) is 0 Å². The molecule has 0 spiro atoms. The van der Waals surface area contributed by atoms with Gasteiger partial charge in [0.05, 0.1) is 0 Å². The molecule has 0 aliphatic carbocycles. The topological polar surface area (TPSA) is 56.1 Å². The van der Waals surface area contributed by atoms with Crippen LogP contribution in [0.5, 0.6) is 0 Å². The SMILES string of the molecule is CC(C)NC(=O)/C(C#N)=C/c1ccc(N2CCCCCC2)cc1. The van der Waals surface area contributed by atoms with Crippen LogP contribution in [0, 0.1) is 11.3 Å². The van der Waals surface area contributed by atoms with Crippen molar-refractivity contribution in [1.82, 2.24) is 5.32 Å². The summed E-state index contributed by atoms with van der Waals surface area (Å²) in [5, 5.41) is 11.9. The van der Waals surface area contributed by atoms with E-state index < -0.39 is 0 Å². The second-order valence-electron chi connectivity index (χ2n) is 6.29. The zero-order valence-electron chi connectivity index (χ0n) is 14.0. The van der Waals surface area contributed by atoms with E-state index in [0.717, 1.165) is 18.7 Å². The Hall–Kier alpha value is -2.28. The maximum atomic E-state index is 11.9. The van der Waals surface area contributed by atoms with Gasteiger partial charge in [0.2, 0.25) is 0 Å².